The Morgan fingerprint density at radius 1 is 1.26 bits per heavy atom. The number of nitrogens with zero attached hydrogens (tertiary/aromatic N) is 1. The maximum Gasteiger partial charge on any atom is 0.258 e. The van der Waals surface area contributed by atoms with Crippen molar-refractivity contribution in [3.63, 3.8) is 0 Å². The van der Waals surface area contributed by atoms with Crippen LogP contribution in [0.5, 0.6) is 5.75 Å². The van der Waals surface area contributed by atoms with Crippen molar-refractivity contribution in [1.29, 1.82) is 0 Å². The molecule has 124 valence electrons. The van der Waals surface area contributed by atoms with Crippen LogP contribution in [0.15, 0.2) is 40.8 Å². The first-order valence-electron chi connectivity index (χ1n) is 7.64. The van der Waals surface area contributed by atoms with Gasteiger partial charge < -0.3 is 14.5 Å². The molecule has 23 heavy (non-hydrogen) atoms. The number of hydrogen-bond acceptors (Lipinski definition) is 4. The Balaban J connectivity index is 1.84. The van der Waals surface area contributed by atoms with Crippen molar-refractivity contribution in [2.24, 2.45) is 0 Å². The summed E-state index contributed by atoms with van der Waals surface area (Å²) in [5, 5.41) is 2.89. The quantitative estimate of drug-likeness (QED) is 0.853. The van der Waals surface area contributed by atoms with Gasteiger partial charge in [-0.1, -0.05) is 12.1 Å². The van der Waals surface area contributed by atoms with Crippen LogP contribution in [0, 0.1) is 13.8 Å². The fraction of sp³-hybridized carbons (Fsp3) is 0.389. The smallest absolute Gasteiger partial charge is 0.258 e. The fourth-order valence-electron chi connectivity index (χ4n) is 2.29. The number of hydrogen-bond donors (Lipinski definition) is 1. The van der Waals surface area contributed by atoms with Crippen molar-refractivity contribution >= 4 is 5.91 Å². The van der Waals surface area contributed by atoms with Crippen LogP contribution in [0.25, 0.3) is 0 Å². The Morgan fingerprint density at radius 2 is 2.04 bits per heavy atom. The molecule has 0 fully saturated rings. The summed E-state index contributed by atoms with van der Waals surface area (Å²) in [4.78, 5) is 14.0. The first-order valence-corrected chi connectivity index (χ1v) is 7.64. The van der Waals surface area contributed by atoms with Gasteiger partial charge in [-0.3, -0.25) is 9.69 Å². The third kappa shape index (κ3) is 5.14. The van der Waals surface area contributed by atoms with Crippen molar-refractivity contribution in [2.45, 2.75) is 19.9 Å². The Bertz CT molecular complexity index is 649. The van der Waals surface area contributed by atoms with Gasteiger partial charge in [-0.15, -0.1) is 0 Å². The van der Waals surface area contributed by atoms with E-state index in [0.29, 0.717) is 12.3 Å². The van der Waals surface area contributed by atoms with Gasteiger partial charge in [-0.05, 0) is 57.8 Å². The standard InChI is InChI=1S/C18H24N2O3/c1-13-6-5-7-15(10-13)22-12-18(21)19-11-16(20(3)4)17-9-8-14(2)23-17/h5-10,16H,11-12H2,1-4H3,(H,19,21). The molecule has 2 rings (SSSR count). The van der Waals surface area contributed by atoms with E-state index >= 15 is 0 Å². The van der Waals surface area contributed by atoms with Crippen molar-refractivity contribution in [2.75, 3.05) is 27.2 Å². The molecule has 0 saturated heterocycles. The predicted octanol–water partition coefficient (Wildman–Crippen LogP) is 2.69. The summed E-state index contributed by atoms with van der Waals surface area (Å²) in [6.07, 6.45) is 0. The lowest BCUT2D eigenvalue weighted by molar-refractivity contribution is -0.123. The minimum atomic E-state index is -0.151. The molecule has 2 aromatic rings. The second-order valence-corrected chi connectivity index (χ2v) is 5.84. The second kappa shape index (κ2) is 7.83. The summed E-state index contributed by atoms with van der Waals surface area (Å²) in [6, 6.07) is 11.5. The number of benzene rings is 1. The number of nitrogens with one attached hydrogen (secondary N) is 1. The zero-order valence-electron chi connectivity index (χ0n) is 14.1. The van der Waals surface area contributed by atoms with Crippen LogP contribution in [-0.2, 0) is 4.79 Å². The first kappa shape index (κ1) is 17.1. The molecule has 1 amide bonds. The minimum absolute atomic E-state index is 0.000778. The molecule has 0 aliphatic heterocycles. The highest BCUT2D eigenvalue weighted by Crippen LogP contribution is 2.19. The van der Waals surface area contributed by atoms with E-state index in [0.717, 1.165) is 17.1 Å². The molecule has 1 heterocycles. The summed E-state index contributed by atoms with van der Waals surface area (Å²) >= 11 is 0. The molecule has 0 radical (unpaired) electrons. The van der Waals surface area contributed by atoms with Gasteiger partial charge in [-0.2, -0.15) is 0 Å². The summed E-state index contributed by atoms with van der Waals surface area (Å²) in [5.74, 6) is 2.25. The highest BCUT2D eigenvalue weighted by Gasteiger charge is 2.18. The normalized spacial score (nSPS) is 12.2. The Morgan fingerprint density at radius 3 is 2.65 bits per heavy atom. The Hall–Kier alpha value is -2.27. The maximum atomic E-state index is 12.0. The van der Waals surface area contributed by atoms with E-state index in [-0.39, 0.29) is 18.6 Å². The number of carbonyl (C=O) groups is 1. The van der Waals surface area contributed by atoms with Crippen molar-refractivity contribution in [1.82, 2.24) is 10.2 Å². The number of amides is 1. The van der Waals surface area contributed by atoms with Crippen molar-refractivity contribution in [3.8, 4) is 5.75 Å². The molecule has 1 aromatic carbocycles. The van der Waals surface area contributed by atoms with Crippen molar-refractivity contribution in [3.05, 3.63) is 53.5 Å². The number of ether oxygens (including phenoxy) is 1. The lowest BCUT2D eigenvalue weighted by Gasteiger charge is -2.22. The largest absolute Gasteiger partial charge is 0.484 e. The van der Waals surface area contributed by atoms with Crippen LogP contribution in [0.1, 0.15) is 23.1 Å². The lowest BCUT2D eigenvalue weighted by Crippen LogP contribution is -2.36. The second-order valence-electron chi connectivity index (χ2n) is 5.84. The number of furan rings is 1. The zero-order chi connectivity index (χ0) is 16.8. The fourth-order valence-corrected chi connectivity index (χ4v) is 2.29. The zero-order valence-corrected chi connectivity index (χ0v) is 14.1. The molecular formula is C18H24N2O3. The van der Waals surface area contributed by atoms with Gasteiger partial charge >= 0.3 is 0 Å². The molecular weight excluding hydrogens is 292 g/mol. The van der Waals surface area contributed by atoms with Gasteiger partial charge in [0.2, 0.25) is 0 Å². The average molecular weight is 316 g/mol. The Labute approximate surface area is 137 Å². The molecule has 1 N–H and O–H groups in total. The molecule has 1 unspecified atom stereocenters. The monoisotopic (exact) mass is 316 g/mol. The van der Waals surface area contributed by atoms with Gasteiger partial charge in [-0.25, -0.2) is 0 Å². The molecule has 0 aliphatic carbocycles. The van der Waals surface area contributed by atoms with E-state index in [9.17, 15) is 4.79 Å². The van der Waals surface area contributed by atoms with Crippen molar-refractivity contribution < 1.29 is 13.9 Å². The number of aryl methyl sites for hydroxylation is 2. The van der Waals surface area contributed by atoms with E-state index in [2.05, 4.69) is 5.32 Å². The topological polar surface area (TPSA) is 54.7 Å². The van der Waals surface area contributed by atoms with Crippen LogP contribution in [-0.4, -0.2) is 38.1 Å². The summed E-state index contributed by atoms with van der Waals surface area (Å²) in [5.41, 5.74) is 1.10. The SMILES string of the molecule is Cc1cccc(OCC(=O)NCC(c2ccc(C)o2)N(C)C)c1. The van der Waals surface area contributed by atoms with Gasteiger partial charge in [0.1, 0.15) is 17.3 Å². The van der Waals surface area contributed by atoms with E-state index in [1.165, 1.54) is 0 Å². The summed E-state index contributed by atoms with van der Waals surface area (Å²) < 4.78 is 11.2. The van der Waals surface area contributed by atoms with Crippen LogP contribution in [0.3, 0.4) is 0 Å². The van der Waals surface area contributed by atoms with Gasteiger partial charge in [0.05, 0.1) is 6.04 Å². The highest BCUT2D eigenvalue weighted by molar-refractivity contribution is 5.77. The number of likely N-dealkylation sites (N-methyl/N-ethyl adjacent to an activating group) is 1. The molecule has 1 atom stereocenters. The van der Waals surface area contributed by atoms with E-state index in [1.54, 1.807) is 0 Å². The molecule has 5 nitrogen and oxygen atoms in total. The van der Waals surface area contributed by atoms with E-state index in [4.69, 9.17) is 9.15 Å². The minimum Gasteiger partial charge on any atom is -0.484 e. The van der Waals surface area contributed by atoms with E-state index in [1.807, 2.05) is 69.2 Å². The Kier molecular flexibility index (Phi) is 5.82. The highest BCUT2D eigenvalue weighted by atomic mass is 16.5. The molecule has 1 aromatic heterocycles. The third-order valence-corrected chi connectivity index (χ3v) is 3.56. The van der Waals surface area contributed by atoms with Crippen LogP contribution < -0.4 is 10.1 Å². The van der Waals surface area contributed by atoms with Crippen LogP contribution >= 0.6 is 0 Å². The van der Waals surface area contributed by atoms with Gasteiger partial charge in [0, 0.05) is 6.54 Å². The lowest BCUT2D eigenvalue weighted by atomic mass is 10.2. The van der Waals surface area contributed by atoms with Gasteiger partial charge in [0.15, 0.2) is 6.61 Å². The first-order chi connectivity index (χ1) is 11.0. The third-order valence-electron chi connectivity index (χ3n) is 3.56. The van der Waals surface area contributed by atoms with Crippen LogP contribution in [0.4, 0.5) is 0 Å². The maximum absolute atomic E-state index is 12.0. The molecule has 0 aliphatic rings. The molecule has 5 heteroatoms. The van der Waals surface area contributed by atoms with Crippen LogP contribution in [0.2, 0.25) is 0 Å². The van der Waals surface area contributed by atoms with Gasteiger partial charge in [0.25, 0.3) is 5.91 Å². The number of rotatable bonds is 7. The summed E-state index contributed by atoms with van der Waals surface area (Å²) in [6.45, 7) is 4.36. The average Bonchev–Trinajstić information content (AvgIpc) is 2.91. The molecule has 0 spiro atoms. The molecule has 0 saturated carbocycles. The number of carbonyl (C=O) groups excluding carboxylic acids is 1. The summed E-state index contributed by atoms with van der Waals surface area (Å²) in [7, 11) is 3.91. The van der Waals surface area contributed by atoms with E-state index < -0.39 is 0 Å². The predicted molar refractivity (Wildman–Crippen MR) is 89.6 cm³/mol. The molecule has 0 bridgehead atoms.